The van der Waals surface area contributed by atoms with E-state index in [9.17, 15) is 24.1 Å². The normalized spacial score (nSPS) is 9.92. The van der Waals surface area contributed by atoms with E-state index in [1.165, 1.54) is 52.8 Å². The molecule has 49 heavy (non-hydrogen) atoms. The number of hydrogen-bond acceptors (Lipinski definition) is 13. The van der Waals surface area contributed by atoms with E-state index in [2.05, 4.69) is 5.18 Å². The Bertz CT molecular complexity index is 2180. The second kappa shape index (κ2) is 22.2. The van der Waals surface area contributed by atoms with Crippen molar-refractivity contribution in [2.75, 3.05) is 17.2 Å². The van der Waals surface area contributed by atoms with Gasteiger partial charge in [-0.2, -0.15) is 16.8 Å². The third kappa shape index (κ3) is 12.4. The summed E-state index contributed by atoms with van der Waals surface area (Å²) in [6, 6.07) is 18.6. The van der Waals surface area contributed by atoms with Crippen LogP contribution in [0.15, 0.2) is 85.0 Å². The molecule has 6 N–H and O–H groups in total. The van der Waals surface area contributed by atoms with E-state index in [0.29, 0.717) is 25.9 Å². The summed E-state index contributed by atoms with van der Waals surface area (Å²) < 4.78 is 41.0. The Kier molecular flexibility index (Phi) is 19.7. The van der Waals surface area contributed by atoms with Gasteiger partial charge in [-0.25, -0.2) is 9.59 Å². The summed E-state index contributed by atoms with van der Waals surface area (Å²) in [5.41, 5.74) is 16.4. The van der Waals surface area contributed by atoms with Crippen LogP contribution in [-0.4, -0.2) is 78.7 Å². The summed E-state index contributed by atoms with van der Waals surface area (Å²) in [7, 11) is -5.90. The molecule has 254 valence electrons. The summed E-state index contributed by atoms with van der Waals surface area (Å²) in [5, 5.41) is 2.69. The summed E-state index contributed by atoms with van der Waals surface area (Å²) in [5.74, 6) is -0.174. The Morgan fingerprint density at radius 3 is 1.33 bits per heavy atom. The van der Waals surface area contributed by atoms with Gasteiger partial charge in [0.1, 0.15) is 17.3 Å². The van der Waals surface area contributed by atoms with Crippen LogP contribution in [0.1, 0.15) is 37.8 Å². The number of nitrogen functional groups attached to an aromatic ring is 3. The van der Waals surface area contributed by atoms with Crippen molar-refractivity contribution in [1.29, 1.82) is 0 Å². The van der Waals surface area contributed by atoms with Crippen LogP contribution in [0.25, 0.3) is 0 Å². The van der Waals surface area contributed by atoms with Gasteiger partial charge < -0.3 is 17.2 Å². The van der Waals surface area contributed by atoms with Crippen molar-refractivity contribution >= 4 is 85.2 Å². The molecule has 0 aliphatic rings. The van der Waals surface area contributed by atoms with Crippen LogP contribution in [-0.2, 0) is 44.7 Å². The molecule has 2 heterocycles. The van der Waals surface area contributed by atoms with Crippen molar-refractivity contribution in [2.45, 2.75) is 52.9 Å². The topological polar surface area (TPSA) is 264 Å². The predicted octanol–water partition coefficient (Wildman–Crippen LogP) is -0.0209. The van der Waals surface area contributed by atoms with E-state index in [1.807, 2.05) is 74.5 Å². The number of nitroso groups, excluding NO2 is 1. The molecule has 0 radical (unpaired) electrons. The van der Waals surface area contributed by atoms with E-state index in [-0.39, 0.29) is 30.4 Å². The van der Waals surface area contributed by atoms with E-state index < -0.39 is 46.7 Å². The van der Waals surface area contributed by atoms with Gasteiger partial charge >= 0.3 is 73.5 Å². The Morgan fingerprint density at radius 1 is 0.612 bits per heavy atom. The fourth-order valence-electron chi connectivity index (χ4n) is 4.20. The monoisotopic (exact) mass is 736 g/mol. The standard InChI is InChI=1S/C14H16N4O3.C14H18N4O2.2Na.O4S2/c1-2-8-17-13(19)11(16-21)12(15)18(14(17)20)9-10-6-4-3-5-7-10;1-2-8-17-13(19)11(15)12(16)18(14(17)20)9-10-6-4-3-5-7-10;;;1-5(2)6(3)4/h3-7H,2,8-9,15H2,1H3;3-7H,2,8-9,15-16H2,1H3;;;. The summed E-state index contributed by atoms with van der Waals surface area (Å²) in [4.78, 5) is 59.5. The van der Waals surface area contributed by atoms with Gasteiger partial charge in [0, 0.05) is 13.1 Å². The number of aromatic nitrogens is 4. The van der Waals surface area contributed by atoms with Crippen LogP contribution in [0.2, 0.25) is 0 Å². The second-order valence-corrected chi connectivity index (χ2v) is 12.1. The average Bonchev–Trinajstić information content (AvgIpc) is 3.10. The second-order valence-electron chi connectivity index (χ2n) is 9.65. The molecule has 0 unspecified atom stereocenters. The van der Waals surface area contributed by atoms with E-state index in [1.54, 1.807) is 0 Å². The van der Waals surface area contributed by atoms with Crippen LogP contribution >= 0.6 is 0 Å². The molecule has 4 rings (SSSR count). The molecule has 0 aliphatic heterocycles. The molecule has 0 atom stereocenters. The van der Waals surface area contributed by atoms with Crippen molar-refractivity contribution in [3.05, 3.63) is 118 Å². The minimum absolute atomic E-state index is 0.0243. The van der Waals surface area contributed by atoms with Gasteiger partial charge in [-0.3, -0.25) is 27.9 Å². The molecular formula is C28H34N8Na2O9S2. The molecule has 0 spiro atoms. The average molecular weight is 737 g/mol. The number of rotatable bonds is 9. The Labute approximate surface area is 311 Å². The van der Waals surface area contributed by atoms with Crippen molar-refractivity contribution in [1.82, 2.24) is 18.3 Å². The molecule has 21 heteroatoms. The van der Waals surface area contributed by atoms with Crippen LogP contribution < -0.4 is 39.7 Å². The van der Waals surface area contributed by atoms with Gasteiger partial charge in [0.2, 0.25) is 5.69 Å². The molecule has 0 saturated heterocycles. The molecule has 2 aromatic heterocycles. The predicted molar refractivity (Wildman–Crippen MR) is 190 cm³/mol. The summed E-state index contributed by atoms with van der Waals surface area (Å²) in [6.07, 6.45) is 1.26. The number of nitrogens with two attached hydrogens (primary N) is 3. The molecule has 0 fully saturated rings. The fraction of sp³-hybridized carbons (Fsp3) is 0.286. The number of hydrogen-bond donors (Lipinski definition) is 3. The van der Waals surface area contributed by atoms with Gasteiger partial charge in [-0.15, -0.1) is 4.91 Å². The van der Waals surface area contributed by atoms with Gasteiger partial charge in [0.15, 0.2) is 0 Å². The first-order valence-corrected chi connectivity index (χ1v) is 25.6. The summed E-state index contributed by atoms with van der Waals surface area (Å²) >= 11 is 2.89. The number of nitrogens with zero attached hydrogens (tertiary/aromatic N) is 5. The first-order valence-electron chi connectivity index (χ1n) is 14.9. The Hall–Kier alpha value is -3.56. The molecule has 17 nitrogen and oxygen atoms in total. The SMILES string of the molecule is CCCn1c(=O)c(N)c(N)n(Cc2ccccc2)c1=O.CCCn1c(=O)c(N=O)c(N)n(Cc2ccccc2)c1=O.O=S(=O)=S(=O)=O.[Na][Na]. The third-order valence-electron chi connectivity index (χ3n) is 6.41. The van der Waals surface area contributed by atoms with Crippen LogP contribution in [0.5, 0.6) is 0 Å². The molecule has 2 aromatic carbocycles. The van der Waals surface area contributed by atoms with E-state index in [0.717, 1.165) is 20.3 Å². The van der Waals surface area contributed by atoms with Crippen molar-refractivity contribution in [3.63, 3.8) is 0 Å². The molecule has 0 bridgehead atoms. The Balaban J connectivity index is 0.000000404. The maximum atomic E-state index is 12.4. The van der Waals surface area contributed by atoms with Gasteiger partial charge in [0.05, 0.1) is 13.1 Å². The quantitative estimate of drug-likeness (QED) is 0.151. The molecule has 0 saturated carbocycles. The molecular weight excluding hydrogens is 702 g/mol. The first-order chi connectivity index (χ1) is 23.3. The minimum atomic E-state index is -2.95. The molecule has 0 amide bonds. The number of anilines is 3. The van der Waals surface area contributed by atoms with E-state index in [4.69, 9.17) is 34.0 Å². The zero-order chi connectivity index (χ0) is 37.3. The van der Waals surface area contributed by atoms with Crippen LogP contribution in [0.3, 0.4) is 0 Å². The third-order valence-corrected chi connectivity index (χ3v) is 7.30. The maximum absolute atomic E-state index is 12.4. The number of benzene rings is 2. The zero-order valence-corrected chi connectivity index (χ0v) is 33.1. The fourth-order valence-corrected chi connectivity index (χ4v) is 4.20. The van der Waals surface area contributed by atoms with Crippen LogP contribution in [0.4, 0.5) is 23.0 Å². The Morgan fingerprint density at radius 2 is 0.980 bits per heavy atom. The zero-order valence-electron chi connectivity index (χ0n) is 27.5. The van der Waals surface area contributed by atoms with Gasteiger partial charge in [-0.05, 0) is 29.1 Å². The molecule has 4 aromatic rings. The summed E-state index contributed by atoms with van der Waals surface area (Å²) in [6.45, 7) is 4.74. The van der Waals surface area contributed by atoms with Crippen molar-refractivity contribution < 1.29 is 16.8 Å². The van der Waals surface area contributed by atoms with Crippen LogP contribution in [0, 0.1) is 4.91 Å². The first kappa shape index (κ1) is 43.5. The van der Waals surface area contributed by atoms with Gasteiger partial charge in [0.25, 0.3) is 11.1 Å². The van der Waals surface area contributed by atoms with Gasteiger partial charge in [-0.1, -0.05) is 74.5 Å². The van der Waals surface area contributed by atoms with Crippen molar-refractivity contribution in [3.8, 4) is 0 Å². The molecule has 0 aliphatic carbocycles. The van der Waals surface area contributed by atoms with Crippen molar-refractivity contribution in [2.24, 2.45) is 5.18 Å². The van der Waals surface area contributed by atoms with E-state index >= 15 is 0 Å².